The lowest BCUT2D eigenvalue weighted by atomic mass is 10.1. The van der Waals surface area contributed by atoms with Crippen molar-refractivity contribution < 1.29 is 24.0 Å². The van der Waals surface area contributed by atoms with Crippen LogP contribution < -0.4 is 4.90 Å². The maximum atomic E-state index is 12.0. The second kappa shape index (κ2) is 7.44. The molecule has 0 aliphatic carbocycles. The molecule has 1 aliphatic rings. The van der Waals surface area contributed by atoms with Crippen LogP contribution in [0.5, 0.6) is 5.88 Å². The van der Waals surface area contributed by atoms with Crippen LogP contribution in [0.15, 0.2) is 16.5 Å². The van der Waals surface area contributed by atoms with Gasteiger partial charge in [0.1, 0.15) is 16.5 Å². The van der Waals surface area contributed by atoms with E-state index < -0.39 is 0 Å². The molecular weight excluding hydrogens is 382 g/mol. The van der Waals surface area contributed by atoms with Crippen molar-refractivity contribution in [3.8, 4) is 5.88 Å². The Kier molecular flexibility index (Phi) is 4.98. The van der Waals surface area contributed by atoms with E-state index in [1.54, 1.807) is 18.7 Å². The summed E-state index contributed by atoms with van der Waals surface area (Å²) in [5.74, 6) is 2.32. The smallest absolute Gasteiger partial charge is 0.410 e. The predicted molar refractivity (Wildman–Crippen MR) is 102 cm³/mol. The Morgan fingerprint density at radius 2 is 2.14 bits per heavy atom. The van der Waals surface area contributed by atoms with Gasteiger partial charge in [0.2, 0.25) is 10.8 Å². The number of amides is 1. The summed E-state index contributed by atoms with van der Waals surface area (Å²) in [6.45, 7) is 8.49. The van der Waals surface area contributed by atoms with Gasteiger partial charge in [-0.1, -0.05) is 11.3 Å². The average Bonchev–Trinajstić information content (AvgIpc) is 3.33. The molecule has 9 nitrogen and oxygen atoms in total. The molecule has 2 N–H and O–H groups in total. The van der Waals surface area contributed by atoms with Gasteiger partial charge in [-0.25, -0.2) is 9.78 Å². The number of piperazine rings is 1. The number of hydrogen-bond donors (Lipinski definition) is 2. The van der Waals surface area contributed by atoms with Crippen molar-refractivity contribution in [2.24, 2.45) is 0 Å². The maximum Gasteiger partial charge on any atom is 0.410 e. The van der Waals surface area contributed by atoms with Crippen molar-refractivity contribution >= 4 is 22.4 Å². The fourth-order valence-corrected chi connectivity index (χ4v) is 4.81. The summed E-state index contributed by atoms with van der Waals surface area (Å²) in [5, 5.41) is 15.1. The van der Waals surface area contributed by atoms with E-state index in [-0.39, 0.29) is 18.0 Å². The van der Waals surface area contributed by atoms with Crippen LogP contribution in [0, 0.1) is 13.8 Å². The van der Waals surface area contributed by atoms with Gasteiger partial charge in [-0.3, -0.25) is 4.90 Å². The highest BCUT2D eigenvalue weighted by Gasteiger charge is 2.37. The number of thiazole rings is 1. The molecule has 150 valence electrons. The fraction of sp³-hybridized carbons (Fsp3) is 0.500. The number of aromatic nitrogens is 3. The Labute approximate surface area is 166 Å². The fourth-order valence-electron chi connectivity index (χ4n) is 3.64. The number of furan rings is 1. The second-order valence-corrected chi connectivity index (χ2v) is 7.88. The largest absolute Gasteiger partial charge is 0.492 e. The third kappa shape index (κ3) is 3.33. The van der Waals surface area contributed by atoms with Crippen LogP contribution >= 0.6 is 11.3 Å². The maximum absolute atomic E-state index is 12.0. The van der Waals surface area contributed by atoms with E-state index in [2.05, 4.69) is 10.1 Å². The van der Waals surface area contributed by atoms with Gasteiger partial charge in [0.15, 0.2) is 11.8 Å². The van der Waals surface area contributed by atoms with E-state index in [4.69, 9.17) is 9.15 Å². The molecule has 0 bridgehead atoms. The number of quaternary nitrogens is 1. The van der Waals surface area contributed by atoms with E-state index in [0.29, 0.717) is 30.5 Å². The van der Waals surface area contributed by atoms with Gasteiger partial charge in [-0.05, 0) is 32.9 Å². The van der Waals surface area contributed by atoms with E-state index in [1.165, 1.54) is 20.8 Å². The Balaban J connectivity index is 1.64. The van der Waals surface area contributed by atoms with Crippen LogP contribution in [0.4, 0.5) is 4.79 Å². The van der Waals surface area contributed by atoms with Gasteiger partial charge in [0.05, 0.1) is 32.8 Å². The number of rotatable bonds is 4. The van der Waals surface area contributed by atoms with Gasteiger partial charge in [0, 0.05) is 0 Å². The molecule has 3 aromatic heterocycles. The molecular formula is C18H24N5O4S+. The SMILES string of the molecule is CCOC(=O)N1CC[NH+]([C@H](c2ccc(C)o2)c2sc3nc(C)nn3c2O)CC1. The molecule has 1 fully saturated rings. The summed E-state index contributed by atoms with van der Waals surface area (Å²) in [6.07, 6.45) is -0.274. The summed E-state index contributed by atoms with van der Waals surface area (Å²) in [7, 11) is 0. The Hall–Kier alpha value is -2.59. The number of nitrogens with one attached hydrogen (secondary N) is 1. The molecule has 0 aromatic carbocycles. The van der Waals surface area contributed by atoms with Crippen LogP contribution in [0.1, 0.15) is 35.2 Å². The van der Waals surface area contributed by atoms with Gasteiger partial charge in [-0.15, -0.1) is 5.10 Å². The zero-order valence-corrected chi connectivity index (χ0v) is 17.0. The normalized spacial score (nSPS) is 16.6. The number of carbonyl (C=O) groups excluding carboxylic acids is 1. The Morgan fingerprint density at radius 3 is 2.75 bits per heavy atom. The molecule has 4 rings (SSSR count). The van der Waals surface area contributed by atoms with Gasteiger partial charge >= 0.3 is 6.09 Å². The zero-order valence-electron chi connectivity index (χ0n) is 16.1. The lowest BCUT2D eigenvalue weighted by Crippen LogP contribution is -3.15. The lowest BCUT2D eigenvalue weighted by Gasteiger charge is -2.34. The lowest BCUT2D eigenvalue weighted by molar-refractivity contribution is -0.930. The molecule has 28 heavy (non-hydrogen) atoms. The number of fused-ring (bicyclic) bond motifs is 1. The van der Waals surface area contributed by atoms with E-state index in [1.807, 2.05) is 19.1 Å². The molecule has 10 heteroatoms. The molecule has 1 saturated heterocycles. The first-order valence-corrected chi connectivity index (χ1v) is 10.2. The molecule has 0 saturated carbocycles. The quantitative estimate of drug-likeness (QED) is 0.675. The average molecular weight is 406 g/mol. The van der Waals surface area contributed by atoms with E-state index >= 15 is 0 Å². The molecule has 3 aromatic rings. The molecule has 1 amide bonds. The Bertz CT molecular complexity index is 986. The number of aryl methyl sites for hydroxylation is 2. The van der Waals surface area contributed by atoms with E-state index in [0.717, 1.165) is 29.5 Å². The van der Waals surface area contributed by atoms with Crippen molar-refractivity contribution in [2.45, 2.75) is 26.8 Å². The van der Waals surface area contributed by atoms with Crippen LogP contribution in [-0.4, -0.2) is 63.5 Å². The summed E-state index contributed by atoms with van der Waals surface area (Å²) in [4.78, 5) is 20.7. The highest BCUT2D eigenvalue weighted by atomic mass is 32.1. The number of carbonyl (C=O) groups is 1. The van der Waals surface area contributed by atoms with Gasteiger partial charge in [0.25, 0.3) is 0 Å². The zero-order chi connectivity index (χ0) is 19.8. The highest BCUT2D eigenvalue weighted by molar-refractivity contribution is 7.17. The van der Waals surface area contributed by atoms with Crippen molar-refractivity contribution in [2.75, 3.05) is 32.8 Å². The van der Waals surface area contributed by atoms with Crippen LogP contribution in [0.25, 0.3) is 4.96 Å². The molecule has 1 atom stereocenters. The Morgan fingerprint density at radius 1 is 1.39 bits per heavy atom. The number of hydrogen-bond acceptors (Lipinski definition) is 7. The first kappa shape index (κ1) is 18.8. The second-order valence-electron chi connectivity index (χ2n) is 6.87. The summed E-state index contributed by atoms with van der Waals surface area (Å²) >= 11 is 1.42. The van der Waals surface area contributed by atoms with E-state index in [9.17, 15) is 9.90 Å². The topological polar surface area (TPSA) is 97.5 Å². The minimum atomic E-state index is -0.274. The van der Waals surface area contributed by atoms with Crippen molar-refractivity contribution in [3.05, 3.63) is 34.4 Å². The van der Waals surface area contributed by atoms with Crippen molar-refractivity contribution in [1.82, 2.24) is 19.5 Å². The molecule has 4 heterocycles. The van der Waals surface area contributed by atoms with Gasteiger partial charge < -0.3 is 19.2 Å². The van der Waals surface area contributed by atoms with Crippen molar-refractivity contribution in [1.29, 1.82) is 0 Å². The standard InChI is InChI=1S/C18H23N5O4S/c1-4-26-18(25)22-9-7-21(8-10-22)14(13-6-5-11(2)27-13)15-16(24)23-17(28-15)19-12(3)20-23/h5-6,14,24H,4,7-10H2,1-3H3/p+1/t14-/m1/s1. The van der Waals surface area contributed by atoms with Gasteiger partial charge in [-0.2, -0.15) is 4.52 Å². The molecule has 1 aliphatic heterocycles. The van der Waals surface area contributed by atoms with Crippen molar-refractivity contribution in [3.63, 3.8) is 0 Å². The molecule has 0 radical (unpaired) electrons. The highest BCUT2D eigenvalue weighted by Crippen LogP contribution is 2.35. The monoisotopic (exact) mass is 406 g/mol. The first-order valence-electron chi connectivity index (χ1n) is 9.35. The summed E-state index contributed by atoms with van der Waals surface area (Å²) in [5.41, 5.74) is 0. The third-order valence-corrected chi connectivity index (χ3v) is 6.04. The molecule has 0 spiro atoms. The minimum Gasteiger partial charge on any atom is -0.492 e. The number of aromatic hydroxyl groups is 1. The van der Waals surface area contributed by atoms with Crippen LogP contribution in [0.3, 0.4) is 0 Å². The number of ether oxygens (including phenoxy) is 1. The number of nitrogens with zero attached hydrogens (tertiary/aromatic N) is 4. The first-order chi connectivity index (χ1) is 13.5. The predicted octanol–water partition coefficient (Wildman–Crippen LogP) is 1.15. The molecule has 0 unspecified atom stereocenters. The summed E-state index contributed by atoms with van der Waals surface area (Å²) in [6, 6.07) is 3.69. The minimum absolute atomic E-state index is 0.0972. The van der Waals surface area contributed by atoms with Crippen LogP contribution in [0.2, 0.25) is 0 Å². The summed E-state index contributed by atoms with van der Waals surface area (Å²) < 4.78 is 12.5. The third-order valence-electron chi connectivity index (χ3n) is 4.95. The van der Waals surface area contributed by atoms with Crippen LogP contribution in [-0.2, 0) is 4.74 Å².